The number of anilines is 2. The molecule has 4 nitrogen and oxygen atoms in total. The summed E-state index contributed by atoms with van der Waals surface area (Å²) in [7, 11) is 0. The van der Waals surface area contributed by atoms with Crippen molar-refractivity contribution in [3.63, 3.8) is 0 Å². The van der Waals surface area contributed by atoms with E-state index in [0.29, 0.717) is 35.6 Å². The van der Waals surface area contributed by atoms with Crippen LogP contribution >= 0.6 is 0 Å². The maximum atomic E-state index is 14.7. The first-order valence-electron chi connectivity index (χ1n) is 11.4. The molecule has 39 heavy (non-hydrogen) atoms. The number of carbonyl (C=O) groups is 2. The summed E-state index contributed by atoms with van der Waals surface area (Å²) in [5, 5.41) is 0. The summed E-state index contributed by atoms with van der Waals surface area (Å²) >= 11 is 0. The zero-order valence-corrected chi connectivity index (χ0v) is 20.0. The van der Waals surface area contributed by atoms with Crippen molar-refractivity contribution in [1.82, 2.24) is 0 Å². The minimum atomic E-state index is -5.91. The van der Waals surface area contributed by atoms with Crippen molar-refractivity contribution >= 4 is 22.9 Å². The second-order valence-corrected chi connectivity index (χ2v) is 8.81. The van der Waals surface area contributed by atoms with Gasteiger partial charge in [-0.15, -0.1) is 0 Å². The molecule has 0 spiro atoms. The van der Waals surface area contributed by atoms with Gasteiger partial charge < -0.3 is 11.5 Å². The highest BCUT2D eigenvalue weighted by molar-refractivity contribution is 6.10. The van der Waals surface area contributed by atoms with Gasteiger partial charge in [0.15, 0.2) is 11.6 Å². The van der Waals surface area contributed by atoms with Gasteiger partial charge in [-0.25, -0.2) is 0 Å². The van der Waals surface area contributed by atoms with E-state index in [9.17, 15) is 35.9 Å². The second kappa shape index (κ2) is 9.94. The fraction of sp³-hybridized carbons (Fsp3) is 0.103. The van der Waals surface area contributed by atoms with Crippen molar-refractivity contribution in [2.24, 2.45) is 0 Å². The lowest BCUT2D eigenvalue weighted by Crippen LogP contribution is -2.54. The van der Waals surface area contributed by atoms with Crippen LogP contribution in [-0.4, -0.2) is 23.9 Å². The van der Waals surface area contributed by atoms with Crippen LogP contribution in [0.5, 0.6) is 0 Å². The Kier molecular flexibility index (Phi) is 6.99. The predicted octanol–water partition coefficient (Wildman–Crippen LogP) is 6.72. The predicted molar refractivity (Wildman–Crippen MR) is 134 cm³/mol. The topological polar surface area (TPSA) is 86.2 Å². The molecule has 0 atom stereocenters. The van der Waals surface area contributed by atoms with Crippen LogP contribution in [0.1, 0.15) is 43.0 Å². The van der Waals surface area contributed by atoms with Crippen LogP contribution in [0.4, 0.5) is 37.7 Å². The SMILES string of the molecule is Nc1ccc(C(=O)c2cccc(C(c3cccc(C(=O)c4ccc(N)cc4)c3)(C(F)(F)F)C(F)(F)F)c2)cc1. The smallest absolute Gasteiger partial charge is 0.399 e. The molecular weight excluding hydrogens is 522 g/mol. The van der Waals surface area contributed by atoms with E-state index in [2.05, 4.69) is 0 Å². The van der Waals surface area contributed by atoms with Gasteiger partial charge in [0.2, 0.25) is 5.41 Å². The molecule has 200 valence electrons. The van der Waals surface area contributed by atoms with Gasteiger partial charge in [0.1, 0.15) is 0 Å². The summed E-state index contributed by atoms with van der Waals surface area (Å²) in [5.41, 5.74) is 4.13. The van der Waals surface area contributed by atoms with Crippen LogP contribution in [0.25, 0.3) is 0 Å². The van der Waals surface area contributed by atoms with Gasteiger partial charge in [-0.2, -0.15) is 26.3 Å². The average Bonchev–Trinajstić information content (AvgIpc) is 2.88. The maximum Gasteiger partial charge on any atom is 0.411 e. The van der Waals surface area contributed by atoms with Crippen molar-refractivity contribution in [1.29, 1.82) is 0 Å². The van der Waals surface area contributed by atoms with Gasteiger partial charge in [0, 0.05) is 33.6 Å². The van der Waals surface area contributed by atoms with Gasteiger partial charge in [0.05, 0.1) is 0 Å². The Hall–Kier alpha value is -4.60. The number of hydrogen-bond donors (Lipinski definition) is 2. The molecule has 4 rings (SSSR count). The zero-order chi connectivity index (χ0) is 28.6. The average molecular weight is 542 g/mol. The third-order valence-electron chi connectivity index (χ3n) is 6.31. The Balaban J connectivity index is 1.91. The van der Waals surface area contributed by atoms with Crippen molar-refractivity contribution in [3.05, 3.63) is 130 Å². The van der Waals surface area contributed by atoms with E-state index < -0.39 is 40.5 Å². The molecule has 0 saturated carbocycles. The summed E-state index contributed by atoms with van der Waals surface area (Å²) in [4.78, 5) is 25.9. The fourth-order valence-corrected chi connectivity index (χ4v) is 4.37. The number of nitrogen functional groups attached to an aromatic ring is 2. The molecule has 4 aromatic carbocycles. The minimum Gasteiger partial charge on any atom is -0.399 e. The first kappa shape index (κ1) is 27.4. The van der Waals surface area contributed by atoms with Crippen LogP contribution < -0.4 is 11.5 Å². The number of carbonyl (C=O) groups excluding carboxylic acids is 2. The lowest BCUT2D eigenvalue weighted by Gasteiger charge is -2.38. The highest BCUT2D eigenvalue weighted by Crippen LogP contribution is 2.56. The minimum absolute atomic E-state index is 0.0297. The van der Waals surface area contributed by atoms with E-state index >= 15 is 0 Å². The van der Waals surface area contributed by atoms with Gasteiger partial charge in [-0.05, 0) is 71.8 Å². The number of alkyl halides is 6. The molecule has 0 aromatic heterocycles. The van der Waals surface area contributed by atoms with Crippen molar-refractivity contribution in [2.75, 3.05) is 11.5 Å². The van der Waals surface area contributed by atoms with Gasteiger partial charge in [0.25, 0.3) is 0 Å². The van der Waals surface area contributed by atoms with Crippen molar-refractivity contribution < 1.29 is 35.9 Å². The standard InChI is InChI=1S/C29H20F6N2O2/c30-28(31,32)27(29(33,34)35,21-5-1-3-19(15-21)25(38)17-7-11-23(36)12-8-17)22-6-2-4-20(16-22)26(39)18-9-13-24(37)14-10-18/h1-16H,36-37H2. The normalized spacial score (nSPS) is 12.3. The summed E-state index contributed by atoms with van der Waals surface area (Å²) in [6.45, 7) is 0. The number of nitrogens with two attached hydrogens (primary N) is 2. The van der Waals surface area contributed by atoms with E-state index in [0.717, 1.165) is 24.3 Å². The highest BCUT2D eigenvalue weighted by atomic mass is 19.4. The molecule has 0 heterocycles. The van der Waals surface area contributed by atoms with Gasteiger partial charge in [-0.1, -0.05) is 36.4 Å². The Morgan fingerprint density at radius 3 is 1.13 bits per heavy atom. The molecule has 0 bridgehead atoms. The van der Waals surface area contributed by atoms with E-state index in [1.807, 2.05) is 0 Å². The molecule has 0 aliphatic carbocycles. The largest absolute Gasteiger partial charge is 0.411 e. The van der Waals surface area contributed by atoms with E-state index in [1.54, 1.807) is 0 Å². The Morgan fingerprint density at radius 2 is 0.821 bits per heavy atom. The van der Waals surface area contributed by atoms with E-state index in [4.69, 9.17) is 11.5 Å². The molecule has 0 amide bonds. The van der Waals surface area contributed by atoms with Crippen LogP contribution in [0.2, 0.25) is 0 Å². The summed E-state index contributed by atoms with van der Waals surface area (Å²) < 4.78 is 88.4. The third-order valence-corrected chi connectivity index (χ3v) is 6.31. The Labute approximate surface area is 218 Å². The molecule has 4 aromatic rings. The quantitative estimate of drug-likeness (QED) is 0.161. The molecular formula is C29H20F6N2O2. The molecule has 4 N–H and O–H groups in total. The molecule has 10 heteroatoms. The zero-order valence-electron chi connectivity index (χ0n) is 20.0. The molecule has 0 fully saturated rings. The number of rotatable bonds is 6. The van der Waals surface area contributed by atoms with Crippen LogP contribution in [0, 0.1) is 0 Å². The van der Waals surface area contributed by atoms with E-state index in [1.165, 1.54) is 48.5 Å². The van der Waals surface area contributed by atoms with Crippen LogP contribution in [0.3, 0.4) is 0 Å². The van der Waals surface area contributed by atoms with Crippen molar-refractivity contribution in [3.8, 4) is 0 Å². The number of halogens is 6. The second-order valence-electron chi connectivity index (χ2n) is 8.81. The molecule has 0 radical (unpaired) electrons. The Bertz CT molecular complexity index is 1410. The van der Waals surface area contributed by atoms with Gasteiger partial charge in [-0.3, -0.25) is 9.59 Å². The Morgan fingerprint density at radius 1 is 0.487 bits per heavy atom. The molecule has 0 saturated heterocycles. The first-order valence-corrected chi connectivity index (χ1v) is 11.4. The number of ketones is 2. The maximum absolute atomic E-state index is 14.7. The first-order chi connectivity index (χ1) is 18.3. The lowest BCUT2D eigenvalue weighted by molar-refractivity contribution is -0.288. The summed E-state index contributed by atoms with van der Waals surface area (Å²) in [6.07, 6.45) is -11.8. The number of benzene rings is 4. The third kappa shape index (κ3) is 4.97. The van der Waals surface area contributed by atoms with E-state index in [-0.39, 0.29) is 22.3 Å². The summed E-state index contributed by atoms with van der Waals surface area (Å²) in [5.74, 6) is -1.58. The number of hydrogen-bond acceptors (Lipinski definition) is 4. The molecule has 0 unspecified atom stereocenters. The fourth-order valence-electron chi connectivity index (χ4n) is 4.37. The van der Waals surface area contributed by atoms with Gasteiger partial charge >= 0.3 is 12.4 Å². The van der Waals surface area contributed by atoms with Crippen LogP contribution in [0.15, 0.2) is 97.1 Å². The highest BCUT2D eigenvalue weighted by Gasteiger charge is 2.72. The molecule has 0 aliphatic heterocycles. The molecule has 0 aliphatic rings. The summed E-state index contributed by atoms with van der Waals surface area (Å²) in [6, 6.07) is 17.4. The lowest BCUT2D eigenvalue weighted by atomic mass is 9.72. The monoisotopic (exact) mass is 542 g/mol. The van der Waals surface area contributed by atoms with Crippen LogP contribution in [-0.2, 0) is 5.41 Å². The van der Waals surface area contributed by atoms with Crippen molar-refractivity contribution in [2.45, 2.75) is 17.8 Å².